The van der Waals surface area contributed by atoms with E-state index in [1.165, 1.54) is 4.90 Å². The van der Waals surface area contributed by atoms with E-state index >= 15 is 0 Å². The first kappa shape index (κ1) is 16.6. The number of likely N-dealkylation sites (tertiary alicyclic amines) is 1. The predicted molar refractivity (Wildman–Crippen MR) is 90.6 cm³/mol. The summed E-state index contributed by atoms with van der Waals surface area (Å²) in [6.07, 6.45) is -0.0674. The highest BCUT2D eigenvalue weighted by Crippen LogP contribution is 2.14. The number of piperidine rings is 1. The number of amides is 2. The summed E-state index contributed by atoms with van der Waals surface area (Å²) in [5.41, 5.74) is 0.264. The molecule has 0 bridgehead atoms. The van der Waals surface area contributed by atoms with Crippen molar-refractivity contribution in [1.29, 1.82) is 0 Å². The quantitative estimate of drug-likeness (QED) is 0.920. The molecule has 1 fully saturated rings. The first-order chi connectivity index (χ1) is 11.7. The number of rotatable bonds is 3. The molecule has 1 saturated heterocycles. The number of nitrogens with one attached hydrogen (secondary N) is 1. The van der Waals surface area contributed by atoms with Gasteiger partial charge in [0.2, 0.25) is 0 Å². The monoisotopic (exact) mass is 335 g/mol. The largest absolute Gasteiger partial charge is 0.445 e. The second kappa shape index (κ2) is 8.04. The fraction of sp³-hybridized carbons (Fsp3) is 0.556. The van der Waals surface area contributed by atoms with Gasteiger partial charge in [0.1, 0.15) is 12.2 Å². The number of benzene rings is 1. The van der Waals surface area contributed by atoms with Gasteiger partial charge in [-0.1, -0.05) is 30.3 Å². The number of hydrogen-bond donors (Lipinski definition) is 1. The van der Waals surface area contributed by atoms with Crippen LogP contribution < -0.4 is 5.32 Å². The Balaban J connectivity index is 1.88. The van der Waals surface area contributed by atoms with Crippen LogP contribution in [0.1, 0.15) is 40.5 Å². The Labute approximate surface area is 144 Å². The molecule has 6 heteroatoms. The maximum Gasteiger partial charge on any atom is 0.410 e. The van der Waals surface area contributed by atoms with E-state index < -0.39 is 23.8 Å². The van der Waals surface area contributed by atoms with Gasteiger partial charge in [-0.15, -0.1) is 0 Å². The molecule has 1 aromatic rings. The van der Waals surface area contributed by atoms with Crippen LogP contribution in [-0.2, 0) is 16.1 Å². The fourth-order valence-corrected chi connectivity index (χ4v) is 2.39. The van der Waals surface area contributed by atoms with Gasteiger partial charge in [-0.05, 0) is 39.2 Å². The van der Waals surface area contributed by atoms with Gasteiger partial charge in [-0.2, -0.15) is 0 Å². The molecule has 2 rings (SSSR count). The summed E-state index contributed by atoms with van der Waals surface area (Å²) in [5.74, 6) is 0. The average molecular weight is 335 g/mol. The van der Waals surface area contributed by atoms with E-state index in [9.17, 15) is 9.59 Å². The normalized spacial score (nSPS) is 21.6. The zero-order valence-electron chi connectivity index (χ0n) is 15.5. The van der Waals surface area contributed by atoms with Gasteiger partial charge in [-0.25, -0.2) is 9.59 Å². The molecular formula is C18H26N2O4. The van der Waals surface area contributed by atoms with E-state index in [1.807, 2.05) is 30.3 Å². The van der Waals surface area contributed by atoms with Crippen LogP contribution in [0.5, 0.6) is 0 Å². The van der Waals surface area contributed by atoms with E-state index in [0.717, 1.165) is 5.56 Å². The molecule has 0 radical (unpaired) electrons. The van der Waals surface area contributed by atoms with Gasteiger partial charge in [0.15, 0.2) is 0 Å². The molecule has 0 aliphatic carbocycles. The molecule has 1 atom stereocenters. The molecule has 0 saturated carbocycles. The molecule has 1 aliphatic heterocycles. The lowest BCUT2D eigenvalue weighted by Crippen LogP contribution is -2.50. The zero-order chi connectivity index (χ0) is 18.5. The minimum Gasteiger partial charge on any atom is -0.445 e. The second-order valence-corrected chi connectivity index (χ2v) is 6.80. The van der Waals surface area contributed by atoms with Crippen LogP contribution >= 0.6 is 0 Å². The summed E-state index contributed by atoms with van der Waals surface area (Å²) < 4.78 is 18.9. The van der Waals surface area contributed by atoms with Gasteiger partial charge >= 0.3 is 12.2 Å². The van der Waals surface area contributed by atoms with Gasteiger partial charge in [0, 0.05) is 19.1 Å². The Bertz CT molecular complexity index is 603. The van der Waals surface area contributed by atoms with Crippen LogP contribution in [0.3, 0.4) is 0 Å². The van der Waals surface area contributed by atoms with Crippen molar-refractivity contribution in [1.82, 2.24) is 10.2 Å². The summed E-state index contributed by atoms with van der Waals surface area (Å²) in [6.45, 7) is 6.04. The third-order valence-electron chi connectivity index (χ3n) is 3.43. The maximum absolute atomic E-state index is 12.3. The highest BCUT2D eigenvalue weighted by atomic mass is 16.6. The Kier molecular flexibility index (Phi) is 5.56. The van der Waals surface area contributed by atoms with Crippen molar-refractivity contribution < 1.29 is 20.4 Å². The smallest absolute Gasteiger partial charge is 0.410 e. The molecule has 1 N–H and O–H groups in total. The summed E-state index contributed by atoms with van der Waals surface area (Å²) in [7, 11) is 0. The van der Waals surface area contributed by atoms with Crippen molar-refractivity contribution in [3.8, 4) is 0 Å². The molecule has 1 unspecified atom stereocenters. The fourth-order valence-electron chi connectivity index (χ4n) is 2.39. The topological polar surface area (TPSA) is 67.9 Å². The highest BCUT2D eigenvalue weighted by Gasteiger charge is 2.27. The minimum atomic E-state index is -1.27. The summed E-state index contributed by atoms with van der Waals surface area (Å²) in [6, 6.07) is 8.14. The molecule has 1 heterocycles. The van der Waals surface area contributed by atoms with Crippen LogP contribution in [0, 0.1) is 0 Å². The molecule has 6 nitrogen and oxygen atoms in total. The van der Waals surface area contributed by atoms with Gasteiger partial charge in [-0.3, -0.25) is 0 Å². The second-order valence-electron chi connectivity index (χ2n) is 6.80. The summed E-state index contributed by atoms with van der Waals surface area (Å²) in [5, 5.41) is 2.57. The van der Waals surface area contributed by atoms with Crippen molar-refractivity contribution >= 4 is 12.2 Å². The molecule has 132 valence electrons. The van der Waals surface area contributed by atoms with Crippen LogP contribution in [0.25, 0.3) is 0 Å². The van der Waals surface area contributed by atoms with Gasteiger partial charge < -0.3 is 19.7 Å². The van der Waals surface area contributed by atoms with Crippen molar-refractivity contribution in [2.75, 3.05) is 13.1 Å². The summed E-state index contributed by atoms with van der Waals surface area (Å²) >= 11 is 0. The van der Waals surface area contributed by atoms with Crippen LogP contribution in [-0.4, -0.2) is 41.8 Å². The molecule has 2 amide bonds. The third kappa shape index (κ3) is 6.10. The lowest BCUT2D eigenvalue weighted by atomic mass is 10.1. The summed E-state index contributed by atoms with van der Waals surface area (Å²) in [4.78, 5) is 25.6. The number of hydrogen-bond acceptors (Lipinski definition) is 4. The Morgan fingerprint density at radius 2 is 2.04 bits per heavy atom. The molecule has 1 aromatic carbocycles. The minimum absolute atomic E-state index is 0.0693. The van der Waals surface area contributed by atoms with Crippen molar-refractivity contribution in [2.24, 2.45) is 0 Å². The average Bonchev–Trinajstić information content (AvgIpc) is 2.51. The van der Waals surface area contributed by atoms with Crippen molar-refractivity contribution in [3.05, 3.63) is 35.9 Å². The van der Waals surface area contributed by atoms with Gasteiger partial charge in [0.05, 0.1) is 1.37 Å². The molecular weight excluding hydrogens is 308 g/mol. The van der Waals surface area contributed by atoms with E-state index in [-0.39, 0.29) is 13.2 Å². The lowest BCUT2D eigenvalue weighted by molar-refractivity contribution is 0.0450. The van der Waals surface area contributed by atoms with Gasteiger partial charge in [0.25, 0.3) is 0 Å². The van der Waals surface area contributed by atoms with Crippen LogP contribution in [0.2, 0.25) is 0 Å². The number of ether oxygens (including phenoxy) is 2. The number of carbonyl (C=O) groups is 2. The standard InChI is InChI=1S/C18H26N2O4/c1-18(2,3)24-16(21)19-15-10-7-11-20(12-15)17(22)23-13-14-8-5-4-6-9-14/h4-6,8-9,15H,7,10-13H2,1-3H3,(H,19,21)/i15D. The molecule has 1 aliphatic rings. The highest BCUT2D eigenvalue weighted by molar-refractivity contribution is 5.69. The molecule has 24 heavy (non-hydrogen) atoms. The first-order valence-corrected chi connectivity index (χ1v) is 8.14. The lowest BCUT2D eigenvalue weighted by Gasteiger charge is -2.33. The van der Waals surface area contributed by atoms with Crippen molar-refractivity contribution in [2.45, 2.75) is 51.8 Å². The molecule has 0 spiro atoms. The van der Waals surface area contributed by atoms with E-state index in [2.05, 4.69) is 5.32 Å². The van der Waals surface area contributed by atoms with E-state index in [4.69, 9.17) is 10.8 Å². The van der Waals surface area contributed by atoms with Crippen LogP contribution in [0.4, 0.5) is 9.59 Å². The number of nitrogens with zero attached hydrogens (tertiary/aromatic N) is 1. The zero-order valence-corrected chi connectivity index (χ0v) is 14.5. The maximum atomic E-state index is 12.3. The molecule has 0 aromatic heterocycles. The number of carbonyl (C=O) groups excluding carboxylic acids is 2. The number of alkyl carbamates (subject to hydrolysis) is 1. The predicted octanol–water partition coefficient (Wildman–Crippen LogP) is 3.31. The first-order valence-electron chi connectivity index (χ1n) is 8.64. The van der Waals surface area contributed by atoms with E-state index in [0.29, 0.717) is 19.4 Å². The Hall–Kier alpha value is -2.24. The van der Waals surface area contributed by atoms with Crippen LogP contribution in [0.15, 0.2) is 30.3 Å². The SMILES string of the molecule is [2H]C1(NC(=O)OC(C)(C)C)CCCN(C(=O)OCc2ccccc2)C1. The van der Waals surface area contributed by atoms with Crippen molar-refractivity contribution in [3.63, 3.8) is 0 Å². The van der Waals surface area contributed by atoms with E-state index in [1.54, 1.807) is 20.8 Å². The third-order valence-corrected chi connectivity index (χ3v) is 3.43. The Morgan fingerprint density at radius 1 is 1.33 bits per heavy atom. The Morgan fingerprint density at radius 3 is 2.71 bits per heavy atom.